The second kappa shape index (κ2) is 6.55. The minimum Gasteiger partial charge on any atom is -0.481 e. The lowest BCUT2D eigenvalue weighted by Crippen LogP contribution is -2.31. The van der Waals surface area contributed by atoms with Crippen molar-refractivity contribution in [3.05, 3.63) is 29.3 Å². The van der Waals surface area contributed by atoms with Crippen LogP contribution in [0.5, 0.6) is 0 Å². The zero-order valence-corrected chi connectivity index (χ0v) is 14.2. The first-order chi connectivity index (χ1) is 11.4. The number of carbonyl (C=O) groups excluding carboxylic acids is 1. The van der Waals surface area contributed by atoms with E-state index in [-0.39, 0.29) is 29.5 Å². The number of carboxylic acid groups (broad SMARTS) is 1. The SMILES string of the molecule is O=C(O)C1CCN(C(=O)CCS(=O)(=O)c2ccc3c(c2)CCC3)C1. The number of likely N-dealkylation sites (tertiary alicyclic amines) is 1. The van der Waals surface area contributed by atoms with E-state index in [4.69, 9.17) is 5.11 Å². The van der Waals surface area contributed by atoms with Gasteiger partial charge in [-0.25, -0.2) is 8.42 Å². The van der Waals surface area contributed by atoms with Crippen LogP contribution in [0.25, 0.3) is 0 Å². The molecule has 1 unspecified atom stereocenters. The molecule has 1 N–H and O–H groups in total. The fourth-order valence-electron chi connectivity index (χ4n) is 3.43. The van der Waals surface area contributed by atoms with Gasteiger partial charge in [-0.3, -0.25) is 9.59 Å². The molecular weight excluding hydrogens is 330 g/mol. The van der Waals surface area contributed by atoms with Crippen molar-refractivity contribution in [2.24, 2.45) is 5.92 Å². The molecule has 6 nitrogen and oxygen atoms in total. The van der Waals surface area contributed by atoms with Gasteiger partial charge in [0.25, 0.3) is 0 Å². The lowest BCUT2D eigenvalue weighted by Gasteiger charge is -2.15. The first-order valence-corrected chi connectivity index (χ1v) is 9.87. The van der Waals surface area contributed by atoms with E-state index in [1.165, 1.54) is 10.5 Å². The largest absolute Gasteiger partial charge is 0.481 e. The standard InChI is InChI=1S/C17H21NO5S/c19-16(18-8-6-14(11-18)17(20)21)7-9-24(22,23)15-5-4-12-2-1-3-13(12)10-15/h4-5,10,14H,1-3,6-9,11H2,(H,20,21). The Morgan fingerprint density at radius 2 is 1.96 bits per heavy atom. The number of fused-ring (bicyclic) bond motifs is 1. The Morgan fingerprint density at radius 3 is 2.67 bits per heavy atom. The molecule has 0 spiro atoms. The highest BCUT2D eigenvalue weighted by Gasteiger charge is 2.31. The minimum absolute atomic E-state index is 0.105. The van der Waals surface area contributed by atoms with Crippen LogP contribution in [0.1, 0.15) is 30.4 Å². The van der Waals surface area contributed by atoms with Gasteiger partial charge in [0.15, 0.2) is 9.84 Å². The number of carbonyl (C=O) groups is 2. The summed E-state index contributed by atoms with van der Waals surface area (Å²) in [5.41, 5.74) is 2.30. The molecule has 1 aliphatic heterocycles. The van der Waals surface area contributed by atoms with Crippen LogP contribution in [0, 0.1) is 5.92 Å². The van der Waals surface area contributed by atoms with Gasteiger partial charge in [-0.05, 0) is 48.9 Å². The summed E-state index contributed by atoms with van der Waals surface area (Å²) in [6, 6.07) is 5.23. The van der Waals surface area contributed by atoms with Crippen LogP contribution in [0.4, 0.5) is 0 Å². The summed E-state index contributed by atoms with van der Waals surface area (Å²) in [5.74, 6) is -1.97. The molecule has 24 heavy (non-hydrogen) atoms. The van der Waals surface area contributed by atoms with Crippen molar-refractivity contribution in [1.82, 2.24) is 4.90 Å². The van der Waals surface area contributed by atoms with E-state index in [1.807, 2.05) is 6.07 Å². The van der Waals surface area contributed by atoms with Crippen LogP contribution >= 0.6 is 0 Å². The topological polar surface area (TPSA) is 91.8 Å². The van der Waals surface area contributed by atoms with E-state index in [0.717, 1.165) is 24.8 Å². The summed E-state index contributed by atoms with van der Waals surface area (Å²) in [6.07, 6.45) is 3.28. The number of nitrogens with zero attached hydrogens (tertiary/aromatic N) is 1. The molecule has 1 aromatic rings. The zero-order chi connectivity index (χ0) is 17.3. The average molecular weight is 351 g/mol. The van der Waals surface area contributed by atoms with Crippen molar-refractivity contribution in [3.8, 4) is 0 Å². The fourth-order valence-corrected chi connectivity index (χ4v) is 4.70. The third-order valence-corrected chi connectivity index (χ3v) is 6.62. The number of sulfone groups is 1. The Balaban J connectivity index is 1.61. The summed E-state index contributed by atoms with van der Waals surface area (Å²) < 4.78 is 24.9. The summed E-state index contributed by atoms with van der Waals surface area (Å²) in [5, 5.41) is 8.96. The highest BCUT2D eigenvalue weighted by atomic mass is 32.2. The molecule has 130 valence electrons. The van der Waals surface area contributed by atoms with Gasteiger partial charge in [0.1, 0.15) is 0 Å². The quantitative estimate of drug-likeness (QED) is 0.862. The molecule has 0 radical (unpaired) electrons. The highest BCUT2D eigenvalue weighted by molar-refractivity contribution is 7.91. The molecule has 1 heterocycles. The predicted octanol–water partition coefficient (Wildman–Crippen LogP) is 1.27. The molecule has 1 aliphatic carbocycles. The zero-order valence-electron chi connectivity index (χ0n) is 13.4. The van der Waals surface area contributed by atoms with Crippen LogP contribution in [-0.4, -0.2) is 49.1 Å². The monoisotopic (exact) mass is 351 g/mol. The molecule has 1 aromatic carbocycles. The molecule has 2 aliphatic rings. The highest BCUT2D eigenvalue weighted by Crippen LogP contribution is 2.25. The number of aliphatic carboxylic acids is 1. The van der Waals surface area contributed by atoms with Gasteiger partial charge in [0.05, 0.1) is 16.6 Å². The number of rotatable bonds is 5. The fraction of sp³-hybridized carbons (Fsp3) is 0.529. The second-order valence-corrected chi connectivity index (χ2v) is 8.63. The van der Waals surface area contributed by atoms with Crippen LogP contribution in [0.15, 0.2) is 23.1 Å². The molecule has 7 heteroatoms. The Kier molecular flexibility index (Phi) is 4.62. The first-order valence-electron chi connectivity index (χ1n) is 8.22. The smallest absolute Gasteiger partial charge is 0.308 e. The average Bonchev–Trinajstić information content (AvgIpc) is 3.20. The molecule has 0 saturated carbocycles. The van der Waals surface area contributed by atoms with Gasteiger partial charge in [0, 0.05) is 19.5 Å². The summed E-state index contributed by atoms with van der Waals surface area (Å²) in [7, 11) is -3.50. The van der Waals surface area contributed by atoms with Crippen molar-refractivity contribution in [2.75, 3.05) is 18.8 Å². The molecule has 1 atom stereocenters. The van der Waals surface area contributed by atoms with Crippen molar-refractivity contribution < 1.29 is 23.1 Å². The van der Waals surface area contributed by atoms with Crippen LogP contribution < -0.4 is 0 Å². The van der Waals surface area contributed by atoms with E-state index in [2.05, 4.69) is 0 Å². The summed E-state index contributed by atoms with van der Waals surface area (Å²) in [4.78, 5) is 24.8. The minimum atomic E-state index is -3.50. The molecular formula is C17H21NO5S. The lowest BCUT2D eigenvalue weighted by molar-refractivity contribution is -0.141. The number of hydrogen-bond donors (Lipinski definition) is 1. The van der Waals surface area contributed by atoms with Gasteiger partial charge in [-0.1, -0.05) is 6.07 Å². The van der Waals surface area contributed by atoms with Gasteiger partial charge >= 0.3 is 5.97 Å². The van der Waals surface area contributed by atoms with Crippen molar-refractivity contribution in [3.63, 3.8) is 0 Å². The third-order valence-electron chi connectivity index (χ3n) is 4.90. The molecule has 1 fully saturated rings. The van der Waals surface area contributed by atoms with E-state index in [1.54, 1.807) is 12.1 Å². The first kappa shape index (κ1) is 17.0. The number of benzene rings is 1. The van der Waals surface area contributed by atoms with Gasteiger partial charge < -0.3 is 10.0 Å². The van der Waals surface area contributed by atoms with Crippen LogP contribution in [-0.2, 0) is 32.3 Å². The maximum absolute atomic E-state index is 12.5. The van der Waals surface area contributed by atoms with Gasteiger partial charge in [-0.15, -0.1) is 0 Å². The maximum atomic E-state index is 12.5. The summed E-state index contributed by atoms with van der Waals surface area (Å²) in [6.45, 7) is 0.557. The van der Waals surface area contributed by atoms with E-state index in [9.17, 15) is 18.0 Å². The van der Waals surface area contributed by atoms with Gasteiger partial charge in [0.2, 0.25) is 5.91 Å². The van der Waals surface area contributed by atoms with Crippen molar-refractivity contribution in [1.29, 1.82) is 0 Å². The van der Waals surface area contributed by atoms with Crippen LogP contribution in [0.3, 0.4) is 0 Å². The third kappa shape index (κ3) is 3.45. The maximum Gasteiger partial charge on any atom is 0.308 e. The van der Waals surface area contributed by atoms with E-state index < -0.39 is 21.7 Å². The summed E-state index contributed by atoms with van der Waals surface area (Å²) >= 11 is 0. The Bertz CT molecular complexity index is 771. The molecule has 1 saturated heterocycles. The van der Waals surface area contributed by atoms with Gasteiger partial charge in [-0.2, -0.15) is 0 Å². The normalized spacial score (nSPS) is 20.2. The number of carboxylic acids is 1. The number of amides is 1. The Hall–Kier alpha value is -1.89. The van der Waals surface area contributed by atoms with Crippen molar-refractivity contribution in [2.45, 2.75) is 37.0 Å². The predicted molar refractivity (Wildman–Crippen MR) is 87.5 cm³/mol. The van der Waals surface area contributed by atoms with E-state index >= 15 is 0 Å². The molecule has 1 amide bonds. The molecule has 0 bridgehead atoms. The second-order valence-electron chi connectivity index (χ2n) is 6.52. The Labute approximate surface area is 141 Å². The Morgan fingerprint density at radius 1 is 1.21 bits per heavy atom. The number of hydrogen-bond acceptors (Lipinski definition) is 4. The lowest BCUT2D eigenvalue weighted by atomic mass is 10.1. The van der Waals surface area contributed by atoms with Crippen molar-refractivity contribution >= 4 is 21.7 Å². The number of aryl methyl sites for hydroxylation is 2. The van der Waals surface area contributed by atoms with E-state index in [0.29, 0.717) is 13.0 Å². The molecule has 0 aromatic heterocycles. The molecule has 3 rings (SSSR count). The van der Waals surface area contributed by atoms with Crippen LogP contribution in [0.2, 0.25) is 0 Å².